The third kappa shape index (κ3) is 2.03. The number of pyridine rings is 1. The first kappa shape index (κ1) is 8.67. The smallest absolute Gasteiger partial charge is 0.308 e. The molecule has 0 aliphatic heterocycles. The standard InChI is InChI=1S/C8H9NO3/c1-6(11)12-8-3-2-4-9-7(8)5-10/h2-4,10H,5H2,1H3. The summed E-state index contributed by atoms with van der Waals surface area (Å²) >= 11 is 0. The van der Waals surface area contributed by atoms with Crippen LogP contribution in [0.2, 0.25) is 0 Å². The van der Waals surface area contributed by atoms with E-state index in [9.17, 15) is 4.79 Å². The topological polar surface area (TPSA) is 59.4 Å². The van der Waals surface area contributed by atoms with Crippen molar-refractivity contribution in [2.75, 3.05) is 0 Å². The average molecular weight is 167 g/mol. The molecular formula is C8H9NO3. The first-order chi connectivity index (χ1) is 5.74. The zero-order valence-corrected chi connectivity index (χ0v) is 6.65. The molecule has 0 aromatic carbocycles. The predicted octanol–water partition coefficient (Wildman–Crippen LogP) is 0.499. The van der Waals surface area contributed by atoms with Crippen LogP contribution in [0.25, 0.3) is 0 Å². The quantitative estimate of drug-likeness (QED) is 0.651. The second kappa shape index (κ2) is 3.82. The van der Waals surface area contributed by atoms with Crippen molar-refractivity contribution in [3.05, 3.63) is 24.0 Å². The van der Waals surface area contributed by atoms with Gasteiger partial charge in [-0.15, -0.1) is 0 Å². The third-order valence-corrected chi connectivity index (χ3v) is 1.25. The number of nitrogens with zero attached hydrogens (tertiary/aromatic N) is 1. The van der Waals surface area contributed by atoms with Crippen molar-refractivity contribution < 1.29 is 14.6 Å². The summed E-state index contributed by atoms with van der Waals surface area (Å²) in [6.45, 7) is 1.07. The molecule has 1 heterocycles. The molecular weight excluding hydrogens is 158 g/mol. The first-order valence-corrected chi connectivity index (χ1v) is 3.47. The van der Waals surface area contributed by atoms with Gasteiger partial charge in [0.15, 0.2) is 5.75 Å². The van der Waals surface area contributed by atoms with Gasteiger partial charge in [0.05, 0.1) is 6.61 Å². The van der Waals surface area contributed by atoms with Crippen molar-refractivity contribution in [1.29, 1.82) is 0 Å². The lowest BCUT2D eigenvalue weighted by Crippen LogP contribution is -2.04. The monoisotopic (exact) mass is 167 g/mol. The maximum Gasteiger partial charge on any atom is 0.308 e. The summed E-state index contributed by atoms with van der Waals surface area (Å²) in [5.41, 5.74) is 0.368. The summed E-state index contributed by atoms with van der Waals surface area (Å²) in [7, 11) is 0. The highest BCUT2D eigenvalue weighted by Gasteiger charge is 2.04. The Bertz CT molecular complexity index is 285. The van der Waals surface area contributed by atoms with Crippen LogP contribution in [-0.2, 0) is 11.4 Å². The number of esters is 1. The van der Waals surface area contributed by atoms with E-state index in [-0.39, 0.29) is 6.61 Å². The van der Waals surface area contributed by atoms with E-state index in [1.165, 1.54) is 13.1 Å². The Kier molecular flexibility index (Phi) is 2.76. The predicted molar refractivity (Wildman–Crippen MR) is 41.5 cm³/mol. The number of carbonyl (C=O) groups is 1. The van der Waals surface area contributed by atoms with Crippen molar-refractivity contribution in [2.45, 2.75) is 13.5 Å². The van der Waals surface area contributed by atoms with E-state index in [2.05, 4.69) is 4.98 Å². The van der Waals surface area contributed by atoms with Gasteiger partial charge in [-0.05, 0) is 12.1 Å². The lowest BCUT2D eigenvalue weighted by atomic mass is 10.3. The van der Waals surface area contributed by atoms with Gasteiger partial charge < -0.3 is 9.84 Å². The van der Waals surface area contributed by atoms with Crippen LogP contribution in [0.15, 0.2) is 18.3 Å². The van der Waals surface area contributed by atoms with Crippen LogP contribution in [0.3, 0.4) is 0 Å². The van der Waals surface area contributed by atoms with Crippen LogP contribution in [-0.4, -0.2) is 16.1 Å². The van der Waals surface area contributed by atoms with E-state index >= 15 is 0 Å². The third-order valence-electron chi connectivity index (χ3n) is 1.25. The molecule has 4 heteroatoms. The number of hydrogen-bond acceptors (Lipinski definition) is 4. The molecule has 64 valence electrons. The minimum atomic E-state index is -0.419. The van der Waals surface area contributed by atoms with Crippen molar-refractivity contribution in [3.63, 3.8) is 0 Å². The van der Waals surface area contributed by atoms with Gasteiger partial charge in [-0.3, -0.25) is 9.78 Å². The van der Waals surface area contributed by atoms with Crippen LogP contribution in [0.5, 0.6) is 5.75 Å². The largest absolute Gasteiger partial charge is 0.425 e. The molecule has 1 rings (SSSR count). The molecule has 4 nitrogen and oxygen atoms in total. The van der Waals surface area contributed by atoms with E-state index in [1.54, 1.807) is 12.1 Å². The Labute approximate surface area is 69.8 Å². The van der Waals surface area contributed by atoms with Crippen LogP contribution in [0.1, 0.15) is 12.6 Å². The second-order valence-electron chi connectivity index (χ2n) is 2.20. The molecule has 1 aromatic rings. The summed E-state index contributed by atoms with van der Waals surface area (Å²) in [5, 5.41) is 8.78. The normalized spacial score (nSPS) is 9.50. The van der Waals surface area contributed by atoms with Crippen LogP contribution < -0.4 is 4.74 Å². The van der Waals surface area contributed by atoms with Crippen LogP contribution >= 0.6 is 0 Å². The van der Waals surface area contributed by atoms with Gasteiger partial charge >= 0.3 is 5.97 Å². The van der Waals surface area contributed by atoms with Gasteiger partial charge in [-0.1, -0.05) is 0 Å². The number of rotatable bonds is 2. The van der Waals surface area contributed by atoms with E-state index in [1.807, 2.05) is 0 Å². The molecule has 0 aliphatic rings. The van der Waals surface area contributed by atoms with Gasteiger partial charge in [0, 0.05) is 13.1 Å². The Morgan fingerprint density at radius 1 is 1.75 bits per heavy atom. The molecule has 0 bridgehead atoms. The summed E-state index contributed by atoms with van der Waals surface area (Å²) in [5.74, 6) is -0.106. The SMILES string of the molecule is CC(=O)Oc1cccnc1CO. The first-order valence-electron chi connectivity index (χ1n) is 3.47. The molecule has 0 saturated heterocycles. The van der Waals surface area contributed by atoms with E-state index in [0.717, 1.165) is 0 Å². The second-order valence-corrected chi connectivity index (χ2v) is 2.20. The molecule has 0 atom stereocenters. The van der Waals surface area contributed by atoms with Crippen LogP contribution in [0, 0.1) is 0 Å². The summed E-state index contributed by atoms with van der Waals surface area (Å²) in [4.78, 5) is 14.4. The molecule has 12 heavy (non-hydrogen) atoms. The Morgan fingerprint density at radius 3 is 3.08 bits per heavy atom. The van der Waals surface area contributed by atoms with E-state index < -0.39 is 5.97 Å². The van der Waals surface area contributed by atoms with Crippen molar-refractivity contribution in [3.8, 4) is 5.75 Å². The maximum atomic E-state index is 10.5. The lowest BCUT2D eigenvalue weighted by molar-refractivity contribution is -0.132. The van der Waals surface area contributed by atoms with Crippen molar-refractivity contribution in [2.24, 2.45) is 0 Å². The summed E-state index contributed by atoms with van der Waals surface area (Å²) in [6.07, 6.45) is 1.53. The molecule has 0 aliphatic carbocycles. The zero-order valence-electron chi connectivity index (χ0n) is 6.65. The number of hydrogen-bond donors (Lipinski definition) is 1. The molecule has 0 saturated carbocycles. The molecule has 0 amide bonds. The molecule has 0 spiro atoms. The highest BCUT2D eigenvalue weighted by Crippen LogP contribution is 2.14. The minimum absolute atomic E-state index is 0.233. The van der Waals surface area contributed by atoms with E-state index in [4.69, 9.17) is 9.84 Å². The van der Waals surface area contributed by atoms with Crippen molar-refractivity contribution in [1.82, 2.24) is 4.98 Å². The molecule has 1 N–H and O–H groups in total. The molecule has 0 fully saturated rings. The Balaban J connectivity index is 2.89. The minimum Gasteiger partial charge on any atom is -0.425 e. The Morgan fingerprint density at radius 2 is 2.50 bits per heavy atom. The number of aliphatic hydroxyl groups is 1. The molecule has 1 aromatic heterocycles. The van der Waals surface area contributed by atoms with Gasteiger partial charge in [0.1, 0.15) is 5.69 Å². The fourth-order valence-corrected chi connectivity index (χ4v) is 0.790. The van der Waals surface area contributed by atoms with E-state index in [0.29, 0.717) is 11.4 Å². The highest BCUT2D eigenvalue weighted by atomic mass is 16.5. The Hall–Kier alpha value is -1.42. The zero-order chi connectivity index (χ0) is 8.97. The average Bonchev–Trinajstić information content (AvgIpc) is 2.04. The highest BCUT2D eigenvalue weighted by molar-refractivity contribution is 5.69. The fraction of sp³-hybridized carbons (Fsp3) is 0.250. The lowest BCUT2D eigenvalue weighted by Gasteiger charge is -2.03. The number of aromatic nitrogens is 1. The maximum absolute atomic E-state index is 10.5. The van der Waals surface area contributed by atoms with Crippen LogP contribution in [0.4, 0.5) is 0 Å². The summed E-state index contributed by atoms with van der Waals surface area (Å²) in [6, 6.07) is 3.22. The van der Waals surface area contributed by atoms with Gasteiger partial charge in [-0.2, -0.15) is 0 Å². The number of carbonyl (C=O) groups excluding carboxylic acids is 1. The number of ether oxygens (including phenoxy) is 1. The molecule has 0 unspecified atom stereocenters. The summed E-state index contributed by atoms with van der Waals surface area (Å²) < 4.78 is 4.77. The number of aliphatic hydroxyl groups excluding tert-OH is 1. The van der Waals surface area contributed by atoms with Gasteiger partial charge in [-0.25, -0.2) is 0 Å². The van der Waals surface area contributed by atoms with Crippen molar-refractivity contribution >= 4 is 5.97 Å². The van der Waals surface area contributed by atoms with Gasteiger partial charge in [0.2, 0.25) is 0 Å². The fourth-order valence-electron chi connectivity index (χ4n) is 0.790. The molecule has 0 radical (unpaired) electrons. The van der Waals surface area contributed by atoms with Gasteiger partial charge in [0.25, 0.3) is 0 Å².